The first-order valence-electron chi connectivity index (χ1n) is 4.99. The van der Waals surface area contributed by atoms with Crippen LogP contribution in [-0.2, 0) is 4.74 Å². The molecular weight excluding hydrogens is 192 g/mol. The smallest absolute Gasteiger partial charge is 0.282 e. The minimum absolute atomic E-state index is 0.0644. The molecule has 1 unspecified atom stereocenters. The SMILES string of the molecule is CCOc1cccc(C2CN=C(N)O2)c1. The quantitative estimate of drug-likeness (QED) is 0.814. The van der Waals surface area contributed by atoms with E-state index in [0.717, 1.165) is 11.3 Å². The van der Waals surface area contributed by atoms with Crippen LogP contribution >= 0.6 is 0 Å². The number of rotatable bonds is 3. The van der Waals surface area contributed by atoms with E-state index in [2.05, 4.69) is 4.99 Å². The first-order valence-corrected chi connectivity index (χ1v) is 4.99. The lowest BCUT2D eigenvalue weighted by Crippen LogP contribution is -2.13. The van der Waals surface area contributed by atoms with Crippen LogP contribution in [0, 0.1) is 0 Å². The van der Waals surface area contributed by atoms with Gasteiger partial charge in [-0.05, 0) is 24.6 Å². The van der Waals surface area contributed by atoms with Crippen LogP contribution in [0.2, 0.25) is 0 Å². The normalized spacial score (nSPS) is 19.5. The largest absolute Gasteiger partial charge is 0.494 e. The van der Waals surface area contributed by atoms with Crippen LogP contribution in [0.15, 0.2) is 29.3 Å². The summed E-state index contributed by atoms with van der Waals surface area (Å²) in [6.45, 7) is 3.20. The van der Waals surface area contributed by atoms with E-state index < -0.39 is 0 Å². The van der Waals surface area contributed by atoms with Crippen molar-refractivity contribution >= 4 is 6.02 Å². The van der Waals surface area contributed by atoms with Crippen molar-refractivity contribution < 1.29 is 9.47 Å². The molecule has 4 heteroatoms. The first-order chi connectivity index (χ1) is 7.29. The maximum absolute atomic E-state index is 5.46. The van der Waals surface area contributed by atoms with Crippen LogP contribution in [0.3, 0.4) is 0 Å². The predicted octanol–water partition coefficient (Wildman–Crippen LogP) is 1.47. The Morgan fingerprint density at radius 1 is 1.60 bits per heavy atom. The van der Waals surface area contributed by atoms with Gasteiger partial charge in [-0.3, -0.25) is 0 Å². The monoisotopic (exact) mass is 206 g/mol. The Bertz CT molecular complexity index is 377. The van der Waals surface area contributed by atoms with Gasteiger partial charge in [0.1, 0.15) is 11.9 Å². The molecule has 0 fully saturated rings. The molecule has 2 N–H and O–H groups in total. The standard InChI is InChI=1S/C11H14N2O2/c1-2-14-9-5-3-4-8(6-9)10-7-13-11(12)15-10/h3-6,10H,2,7H2,1H3,(H2,12,13). The van der Waals surface area contributed by atoms with Crippen molar-refractivity contribution in [3.05, 3.63) is 29.8 Å². The molecule has 0 amide bonds. The molecule has 0 saturated heterocycles. The molecule has 1 aliphatic rings. The summed E-state index contributed by atoms with van der Waals surface area (Å²) in [5, 5.41) is 0. The van der Waals surface area contributed by atoms with Crippen molar-refractivity contribution in [3.63, 3.8) is 0 Å². The summed E-state index contributed by atoms with van der Waals surface area (Å²) in [4.78, 5) is 4.00. The number of hydrogen-bond acceptors (Lipinski definition) is 4. The fourth-order valence-corrected chi connectivity index (χ4v) is 1.54. The lowest BCUT2D eigenvalue weighted by Gasteiger charge is -2.11. The Morgan fingerprint density at radius 3 is 3.13 bits per heavy atom. The molecule has 1 aromatic rings. The lowest BCUT2D eigenvalue weighted by molar-refractivity contribution is 0.225. The number of amidine groups is 1. The van der Waals surface area contributed by atoms with Crippen molar-refractivity contribution in [2.45, 2.75) is 13.0 Å². The van der Waals surface area contributed by atoms with Gasteiger partial charge < -0.3 is 15.2 Å². The van der Waals surface area contributed by atoms with Crippen molar-refractivity contribution in [3.8, 4) is 5.75 Å². The highest BCUT2D eigenvalue weighted by atomic mass is 16.5. The number of aliphatic imine (C=N–C) groups is 1. The van der Waals surface area contributed by atoms with Crippen LogP contribution in [0.1, 0.15) is 18.6 Å². The van der Waals surface area contributed by atoms with E-state index in [-0.39, 0.29) is 12.1 Å². The molecular formula is C11H14N2O2. The highest BCUT2D eigenvalue weighted by Gasteiger charge is 2.19. The van der Waals surface area contributed by atoms with Gasteiger partial charge in [-0.15, -0.1) is 0 Å². The van der Waals surface area contributed by atoms with Gasteiger partial charge in [0.2, 0.25) is 0 Å². The predicted molar refractivity (Wildman–Crippen MR) is 57.9 cm³/mol. The molecule has 15 heavy (non-hydrogen) atoms. The molecule has 2 rings (SSSR count). The van der Waals surface area contributed by atoms with Crippen molar-refractivity contribution in [2.75, 3.05) is 13.2 Å². The van der Waals surface area contributed by atoms with Gasteiger partial charge in [-0.1, -0.05) is 12.1 Å². The zero-order valence-corrected chi connectivity index (χ0v) is 8.64. The molecule has 1 atom stereocenters. The van der Waals surface area contributed by atoms with Crippen molar-refractivity contribution in [1.82, 2.24) is 0 Å². The van der Waals surface area contributed by atoms with E-state index in [1.807, 2.05) is 31.2 Å². The molecule has 1 aromatic carbocycles. The minimum Gasteiger partial charge on any atom is -0.494 e. The van der Waals surface area contributed by atoms with Crippen LogP contribution in [0.5, 0.6) is 5.75 Å². The second-order valence-electron chi connectivity index (χ2n) is 3.29. The second kappa shape index (κ2) is 4.21. The fraction of sp³-hybridized carbons (Fsp3) is 0.364. The summed E-state index contributed by atoms with van der Waals surface area (Å²) in [5.74, 6) is 0.851. The molecule has 0 radical (unpaired) electrons. The zero-order valence-electron chi connectivity index (χ0n) is 8.64. The Morgan fingerprint density at radius 2 is 2.47 bits per heavy atom. The third-order valence-electron chi connectivity index (χ3n) is 2.22. The summed E-state index contributed by atoms with van der Waals surface area (Å²) in [6, 6.07) is 8.08. The Kier molecular flexibility index (Phi) is 2.76. The maximum atomic E-state index is 5.46. The van der Waals surface area contributed by atoms with Gasteiger partial charge in [-0.25, -0.2) is 4.99 Å². The van der Waals surface area contributed by atoms with Gasteiger partial charge >= 0.3 is 0 Å². The Labute approximate surface area is 88.7 Å². The number of nitrogens with two attached hydrogens (primary N) is 1. The third kappa shape index (κ3) is 2.21. The van der Waals surface area contributed by atoms with E-state index in [1.54, 1.807) is 0 Å². The molecule has 0 spiro atoms. The minimum atomic E-state index is -0.0644. The fourth-order valence-electron chi connectivity index (χ4n) is 1.54. The summed E-state index contributed by atoms with van der Waals surface area (Å²) in [5.41, 5.74) is 6.50. The lowest BCUT2D eigenvalue weighted by atomic mass is 10.1. The first kappa shape index (κ1) is 9.83. The second-order valence-corrected chi connectivity index (χ2v) is 3.29. The molecule has 1 aliphatic heterocycles. The average Bonchev–Trinajstić information content (AvgIpc) is 2.66. The molecule has 0 aliphatic carbocycles. The molecule has 80 valence electrons. The summed E-state index contributed by atoms with van der Waals surface area (Å²) in [6.07, 6.45) is -0.0644. The van der Waals surface area contributed by atoms with E-state index in [1.165, 1.54) is 0 Å². The van der Waals surface area contributed by atoms with E-state index in [4.69, 9.17) is 15.2 Å². The maximum Gasteiger partial charge on any atom is 0.282 e. The molecule has 0 saturated carbocycles. The number of nitrogens with zero attached hydrogens (tertiary/aromatic N) is 1. The highest BCUT2D eigenvalue weighted by molar-refractivity contribution is 5.73. The number of hydrogen-bond donors (Lipinski definition) is 1. The van der Waals surface area contributed by atoms with Gasteiger partial charge in [0.05, 0.1) is 13.2 Å². The average molecular weight is 206 g/mol. The van der Waals surface area contributed by atoms with Gasteiger partial charge in [0.25, 0.3) is 6.02 Å². The number of benzene rings is 1. The molecule has 1 heterocycles. The van der Waals surface area contributed by atoms with E-state index in [9.17, 15) is 0 Å². The highest BCUT2D eigenvalue weighted by Crippen LogP contribution is 2.25. The summed E-state index contributed by atoms with van der Waals surface area (Å²) >= 11 is 0. The Hall–Kier alpha value is -1.71. The van der Waals surface area contributed by atoms with E-state index in [0.29, 0.717) is 13.2 Å². The van der Waals surface area contributed by atoms with E-state index >= 15 is 0 Å². The summed E-state index contributed by atoms with van der Waals surface area (Å²) < 4.78 is 10.8. The van der Waals surface area contributed by atoms with Crippen molar-refractivity contribution in [1.29, 1.82) is 0 Å². The topological polar surface area (TPSA) is 56.8 Å². The molecule has 4 nitrogen and oxygen atoms in total. The van der Waals surface area contributed by atoms with Crippen LogP contribution in [-0.4, -0.2) is 19.2 Å². The van der Waals surface area contributed by atoms with Crippen LogP contribution < -0.4 is 10.5 Å². The zero-order chi connectivity index (χ0) is 10.7. The van der Waals surface area contributed by atoms with Crippen LogP contribution in [0.4, 0.5) is 0 Å². The molecule has 0 aromatic heterocycles. The third-order valence-corrected chi connectivity index (χ3v) is 2.22. The van der Waals surface area contributed by atoms with Gasteiger partial charge in [-0.2, -0.15) is 0 Å². The van der Waals surface area contributed by atoms with Crippen molar-refractivity contribution in [2.24, 2.45) is 10.7 Å². The van der Waals surface area contributed by atoms with Gasteiger partial charge in [0.15, 0.2) is 0 Å². The molecule has 0 bridgehead atoms. The Balaban J connectivity index is 2.11. The number of ether oxygens (including phenoxy) is 2. The summed E-state index contributed by atoms with van der Waals surface area (Å²) in [7, 11) is 0. The van der Waals surface area contributed by atoms with Crippen LogP contribution in [0.25, 0.3) is 0 Å². The van der Waals surface area contributed by atoms with Gasteiger partial charge in [0, 0.05) is 0 Å².